The van der Waals surface area contributed by atoms with Crippen LogP contribution in [0.2, 0.25) is 0 Å². The van der Waals surface area contributed by atoms with Crippen LogP contribution in [0.5, 0.6) is 11.5 Å². The van der Waals surface area contributed by atoms with Gasteiger partial charge in [0.05, 0.1) is 31.2 Å². The summed E-state index contributed by atoms with van der Waals surface area (Å²) in [5.41, 5.74) is 2.47. The van der Waals surface area contributed by atoms with Crippen molar-refractivity contribution in [3.05, 3.63) is 66.5 Å². The van der Waals surface area contributed by atoms with Crippen molar-refractivity contribution in [2.24, 2.45) is 0 Å². The molecule has 0 aliphatic rings. The van der Waals surface area contributed by atoms with E-state index in [0.717, 1.165) is 33.1 Å². The SMILES string of the molecule is COc1ccc2cc(C(C)C(=O)n3cnc4ccc(OC)cc43)ccc2c1. The number of aromatic nitrogens is 2. The van der Waals surface area contributed by atoms with Crippen LogP contribution in [-0.4, -0.2) is 29.7 Å². The molecular formula is C22H20N2O3. The van der Waals surface area contributed by atoms with Crippen LogP contribution in [0, 0.1) is 0 Å². The minimum atomic E-state index is -0.305. The molecule has 1 atom stereocenters. The topological polar surface area (TPSA) is 53.4 Å². The molecule has 0 aliphatic heterocycles. The molecule has 0 radical (unpaired) electrons. The Morgan fingerprint density at radius 2 is 1.59 bits per heavy atom. The first kappa shape index (κ1) is 17.1. The molecule has 0 aliphatic carbocycles. The average Bonchev–Trinajstić information content (AvgIpc) is 3.14. The second-order valence-electron chi connectivity index (χ2n) is 6.50. The molecule has 0 fully saturated rings. The van der Waals surface area contributed by atoms with E-state index in [1.807, 2.05) is 55.5 Å². The van der Waals surface area contributed by atoms with Gasteiger partial charge in [-0.05, 0) is 47.5 Å². The number of rotatable bonds is 4. The van der Waals surface area contributed by atoms with Crippen molar-refractivity contribution in [2.45, 2.75) is 12.8 Å². The Morgan fingerprint density at radius 1 is 0.926 bits per heavy atom. The Labute approximate surface area is 157 Å². The fourth-order valence-electron chi connectivity index (χ4n) is 3.28. The fraction of sp³-hybridized carbons (Fsp3) is 0.182. The van der Waals surface area contributed by atoms with Crippen LogP contribution in [0.1, 0.15) is 23.2 Å². The lowest BCUT2D eigenvalue weighted by atomic mass is 9.97. The summed E-state index contributed by atoms with van der Waals surface area (Å²) in [6.07, 6.45) is 1.58. The van der Waals surface area contributed by atoms with Crippen molar-refractivity contribution in [3.8, 4) is 11.5 Å². The van der Waals surface area contributed by atoms with Crippen molar-refractivity contribution in [1.82, 2.24) is 9.55 Å². The summed E-state index contributed by atoms with van der Waals surface area (Å²) in [6.45, 7) is 1.92. The van der Waals surface area contributed by atoms with Crippen LogP contribution in [0.3, 0.4) is 0 Å². The van der Waals surface area contributed by atoms with Gasteiger partial charge >= 0.3 is 0 Å². The minimum Gasteiger partial charge on any atom is -0.497 e. The normalized spacial score (nSPS) is 12.3. The molecule has 4 aromatic rings. The second kappa shape index (κ2) is 6.76. The summed E-state index contributed by atoms with van der Waals surface area (Å²) < 4.78 is 12.1. The summed E-state index contributed by atoms with van der Waals surface area (Å²) >= 11 is 0. The third-order valence-corrected chi connectivity index (χ3v) is 4.93. The van der Waals surface area contributed by atoms with Crippen molar-refractivity contribution in [3.63, 3.8) is 0 Å². The minimum absolute atomic E-state index is 0.0291. The van der Waals surface area contributed by atoms with Gasteiger partial charge in [0.25, 0.3) is 0 Å². The molecule has 3 aromatic carbocycles. The van der Waals surface area contributed by atoms with Gasteiger partial charge < -0.3 is 9.47 Å². The van der Waals surface area contributed by atoms with E-state index in [0.29, 0.717) is 5.75 Å². The first-order valence-corrected chi connectivity index (χ1v) is 8.73. The number of carbonyl (C=O) groups excluding carboxylic acids is 1. The zero-order valence-corrected chi connectivity index (χ0v) is 15.5. The molecular weight excluding hydrogens is 340 g/mol. The third kappa shape index (κ3) is 3.01. The van der Waals surface area contributed by atoms with Crippen molar-refractivity contribution in [1.29, 1.82) is 0 Å². The molecule has 0 bridgehead atoms. The molecule has 5 heteroatoms. The molecule has 1 aromatic heterocycles. The van der Waals surface area contributed by atoms with Crippen molar-refractivity contribution >= 4 is 27.7 Å². The first-order chi connectivity index (χ1) is 13.1. The highest BCUT2D eigenvalue weighted by atomic mass is 16.5. The Bertz CT molecular complexity index is 1150. The van der Waals surface area contributed by atoms with Gasteiger partial charge in [-0.3, -0.25) is 9.36 Å². The quantitative estimate of drug-likeness (QED) is 0.531. The van der Waals surface area contributed by atoms with Crippen molar-refractivity contribution in [2.75, 3.05) is 14.2 Å². The largest absolute Gasteiger partial charge is 0.497 e. The van der Waals surface area contributed by atoms with E-state index >= 15 is 0 Å². The van der Waals surface area contributed by atoms with Crippen LogP contribution >= 0.6 is 0 Å². The fourth-order valence-corrected chi connectivity index (χ4v) is 3.28. The molecule has 4 rings (SSSR count). The van der Waals surface area contributed by atoms with Gasteiger partial charge in [-0.2, -0.15) is 0 Å². The Morgan fingerprint density at radius 3 is 2.37 bits per heavy atom. The van der Waals surface area contributed by atoms with E-state index < -0.39 is 0 Å². The van der Waals surface area contributed by atoms with Gasteiger partial charge in [-0.25, -0.2) is 4.98 Å². The van der Waals surface area contributed by atoms with Gasteiger partial charge in [0.2, 0.25) is 5.91 Å². The Balaban J connectivity index is 1.71. The summed E-state index contributed by atoms with van der Waals surface area (Å²) in [4.78, 5) is 17.5. The summed E-state index contributed by atoms with van der Waals surface area (Å²) in [6, 6.07) is 17.5. The van der Waals surface area contributed by atoms with Gasteiger partial charge in [0, 0.05) is 6.07 Å². The van der Waals surface area contributed by atoms with Crippen LogP contribution in [-0.2, 0) is 0 Å². The highest BCUT2D eigenvalue weighted by Crippen LogP contribution is 2.27. The van der Waals surface area contributed by atoms with Crippen molar-refractivity contribution < 1.29 is 14.3 Å². The lowest BCUT2D eigenvalue weighted by Crippen LogP contribution is -2.17. The van der Waals surface area contributed by atoms with Crippen LogP contribution in [0.15, 0.2) is 60.9 Å². The molecule has 1 heterocycles. The van der Waals surface area contributed by atoms with Crippen LogP contribution in [0.4, 0.5) is 0 Å². The number of benzene rings is 3. The van der Waals surface area contributed by atoms with Gasteiger partial charge in [-0.1, -0.05) is 24.3 Å². The maximum Gasteiger partial charge on any atom is 0.239 e. The van der Waals surface area contributed by atoms with E-state index in [4.69, 9.17) is 9.47 Å². The van der Waals surface area contributed by atoms with E-state index in [9.17, 15) is 4.79 Å². The van der Waals surface area contributed by atoms with E-state index in [2.05, 4.69) is 11.1 Å². The van der Waals surface area contributed by atoms with E-state index in [1.54, 1.807) is 25.1 Å². The van der Waals surface area contributed by atoms with E-state index in [-0.39, 0.29) is 11.8 Å². The van der Waals surface area contributed by atoms with Gasteiger partial charge in [-0.15, -0.1) is 0 Å². The molecule has 136 valence electrons. The molecule has 27 heavy (non-hydrogen) atoms. The Hall–Kier alpha value is -3.34. The third-order valence-electron chi connectivity index (χ3n) is 4.93. The number of imidazole rings is 1. The monoisotopic (exact) mass is 360 g/mol. The predicted octanol–water partition coefficient (Wildman–Crippen LogP) is 4.65. The number of fused-ring (bicyclic) bond motifs is 2. The average molecular weight is 360 g/mol. The Kier molecular flexibility index (Phi) is 4.28. The van der Waals surface area contributed by atoms with Crippen LogP contribution in [0.25, 0.3) is 21.8 Å². The highest BCUT2D eigenvalue weighted by Gasteiger charge is 2.20. The first-order valence-electron chi connectivity index (χ1n) is 8.73. The smallest absolute Gasteiger partial charge is 0.239 e. The number of hydrogen-bond donors (Lipinski definition) is 0. The van der Waals surface area contributed by atoms with E-state index in [1.165, 1.54) is 0 Å². The number of carbonyl (C=O) groups is 1. The zero-order chi connectivity index (χ0) is 19.0. The summed E-state index contributed by atoms with van der Waals surface area (Å²) in [5, 5.41) is 2.15. The molecule has 0 saturated heterocycles. The molecule has 1 unspecified atom stereocenters. The second-order valence-corrected chi connectivity index (χ2v) is 6.50. The maximum absolute atomic E-state index is 13.1. The molecule has 5 nitrogen and oxygen atoms in total. The number of hydrogen-bond acceptors (Lipinski definition) is 4. The molecule has 0 spiro atoms. The van der Waals surface area contributed by atoms with Gasteiger partial charge in [0.1, 0.15) is 17.8 Å². The summed E-state index contributed by atoms with van der Waals surface area (Å²) in [7, 11) is 3.26. The lowest BCUT2D eigenvalue weighted by molar-refractivity contribution is 0.0889. The zero-order valence-electron chi connectivity index (χ0n) is 15.5. The predicted molar refractivity (Wildman–Crippen MR) is 106 cm³/mol. The standard InChI is InChI=1S/C22H20N2O3/c1-14(15-4-5-17-11-18(26-2)7-6-16(17)10-15)22(25)24-13-23-20-9-8-19(27-3)12-21(20)24/h4-14H,1-3H3. The van der Waals surface area contributed by atoms with Crippen LogP contribution < -0.4 is 9.47 Å². The van der Waals surface area contributed by atoms with Gasteiger partial charge in [0.15, 0.2) is 0 Å². The molecule has 0 N–H and O–H groups in total. The highest BCUT2D eigenvalue weighted by molar-refractivity contribution is 5.95. The maximum atomic E-state index is 13.1. The number of ether oxygens (including phenoxy) is 2. The molecule has 0 amide bonds. The molecule has 0 saturated carbocycles. The lowest BCUT2D eigenvalue weighted by Gasteiger charge is -2.13. The number of methoxy groups -OCH3 is 2. The number of nitrogens with zero attached hydrogens (tertiary/aromatic N) is 2. The summed E-state index contributed by atoms with van der Waals surface area (Å²) in [5.74, 6) is 1.18.